The number of aryl methyl sites for hydroxylation is 2. The van der Waals surface area contributed by atoms with E-state index in [0.717, 1.165) is 47.2 Å². The van der Waals surface area contributed by atoms with Crippen molar-refractivity contribution in [2.45, 2.75) is 33.1 Å². The summed E-state index contributed by atoms with van der Waals surface area (Å²) in [5.41, 5.74) is 4.54. The van der Waals surface area contributed by atoms with Crippen LogP contribution in [0.25, 0.3) is 10.9 Å². The number of benzene rings is 2. The van der Waals surface area contributed by atoms with Gasteiger partial charge in [-0.1, -0.05) is 11.6 Å². The van der Waals surface area contributed by atoms with Crippen molar-refractivity contribution in [2.24, 2.45) is 0 Å². The van der Waals surface area contributed by atoms with Crippen LogP contribution in [0.5, 0.6) is 0 Å². The van der Waals surface area contributed by atoms with Gasteiger partial charge < -0.3 is 19.4 Å². The van der Waals surface area contributed by atoms with E-state index in [9.17, 15) is 14.0 Å². The number of piperazine rings is 1. The average molecular weight is 521 g/mol. The Kier molecular flexibility index (Phi) is 8.94. The number of aromatic nitrogens is 1. The van der Waals surface area contributed by atoms with Gasteiger partial charge in [-0.25, -0.2) is 9.18 Å². The molecule has 202 valence electrons. The normalized spacial score (nSPS) is 13.8. The van der Waals surface area contributed by atoms with Gasteiger partial charge in [0.15, 0.2) is 0 Å². The molecule has 3 aromatic rings. The molecule has 1 aliphatic rings. The Morgan fingerprint density at radius 3 is 2.39 bits per heavy atom. The van der Waals surface area contributed by atoms with Crippen LogP contribution in [0.1, 0.15) is 51.7 Å². The van der Waals surface area contributed by atoms with Gasteiger partial charge in [0.05, 0.1) is 23.5 Å². The second-order valence-corrected chi connectivity index (χ2v) is 10.1. The van der Waals surface area contributed by atoms with Crippen molar-refractivity contribution >= 4 is 28.5 Å². The van der Waals surface area contributed by atoms with Gasteiger partial charge in [-0.05, 0) is 90.1 Å². The number of amides is 1. The van der Waals surface area contributed by atoms with Gasteiger partial charge in [0.2, 0.25) is 0 Å². The van der Waals surface area contributed by atoms with Crippen LogP contribution in [-0.2, 0) is 11.2 Å². The van der Waals surface area contributed by atoms with E-state index >= 15 is 0 Å². The largest absolute Gasteiger partial charge is 0.462 e. The third kappa shape index (κ3) is 6.30. The van der Waals surface area contributed by atoms with E-state index in [2.05, 4.69) is 30.0 Å². The first kappa shape index (κ1) is 27.5. The van der Waals surface area contributed by atoms with Crippen LogP contribution < -0.4 is 4.90 Å². The van der Waals surface area contributed by atoms with Crippen molar-refractivity contribution < 1.29 is 18.7 Å². The van der Waals surface area contributed by atoms with Crippen LogP contribution in [0.4, 0.5) is 10.1 Å². The molecular weight excluding hydrogens is 483 g/mol. The minimum atomic E-state index is -0.366. The van der Waals surface area contributed by atoms with Gasteiger partial charge >= 0.3 is 5.97 Å². The standard InChI is InChI=1S/C30H37FN4O3/c1-5-38-30(37)27-26(8-6-7-15-33(3)4)32-25-14-9-21(2)20-24(25)28(27)34-16-18-35(19-17-34)29(36)22-10-12-23(31)13-11-22/h9-14,20H,5-8,15-19H2,1-4H3. The predicted octanol–water partition coefficient (Wildman–Crippen LogP) is 4.71. The van der Waals surface area contributed by atoms with Gasteiger partial charge in [-0.15, -0.1) is 0 Å². The van der Waals surface area contributed by atoms with E-state index in [-0.39, 0.29) is 24.3 Å². The number of rotatable bonds is 9. The lowest BCUT2D eigenvalue weighted by Gasteiger charge is -2.37. The fourth-order valence-corrected chi connectivity index (χ4v) is 4.97. The third-order valence-corrected chi connectivity index (χ3v) is 6.91. The van der Waals surface area contributed by atoms with E-state index < -0.39 is 0 Å². The lowest BCUT2D eigenvalue weighted by molar-refractivity contribution is 0.0524. The number of carbonyl (C=O) groups is 2. The maximum absolute atomic E-state index is 13.4. The van der Waals surface area contributed by atoms with Gasteiger partial charge in [0.25, 0.3) is 5.91 Å². The van der Waals surface area contributed by atoms with Crippen molar-refractivity contribution in [3.05, 3.63) is 70.7 Å². The molecule has 2 heterocycles. The monoisotopic (exact) mass is 520 g/mol. The highest BCUT2D eigenvalue weighted by atomic mass is 19.1. The van der Waals surface area contributed by atoms with Crippen LogP contribution in [0.2, 0.25) is 0 Å². The van der Waals surface area contributed by atoms with Crippen LogP contribution in [0.3, 0.4) is 0 Å². The summed E-state index contributed by atoms with van der Waals surface area (Å²) in [5.74, 6) is -0.839. The summed E-state index contributed by atoms with van der Waals surface area (Å²) in [6, 6.07) is 11.8. The first-order chi connectivity index (χ1) is 18.3. The Balaban J connectivity index is 1.67. The average Bonchev–Trinajstić information content (AvgIpc) is 2.90. The molecule has 0 spiro atoms. The zero-order valence-electron chi connectivity index (χ0n) is 22.8. The molecule has 0 bridgehead atoms. The molecule has 1 amide bonds. The number of halogens is 1. The molecule has 2 aromatic carbocycles. The first-order valence-corrected chi connectivity index (χ1v) is 13.3. The molecule has 1 fully saturated rings. The Labute approximate surface area is 224 Å². The highest BCUT2D eigenvalue weighted by Gasteiger charge is 2.29. The van der Waals surface area contributed by atoms with Gasteiger partial charge in [0, 0.05) is 37.1 Å². The van der Waals surface area contributed by atoms with E-state index in [1.54, 1.807) is 4.90 Å². The summed E-state index contributed by atoms with van der Waals surface area (Å²) in [5, 5.41) is 0.920. The van der Waals surface area contributed by atoms with Crippen LogP contribution in [0, 0.1) is 12.7 Å². The quantitative estimate of drug-likeness (QED) is 0.301. The fourth-order valence-electron chi connectivity index (χ4n) is 4.97. The maximum atomic E-state index is 13.4. The van der Waals surface area contributed by atoms with Crippen molar-refractivity contribution in [2.75, 3.05) is 58.3 Å². The highest BCUT2D eigenvalue weighted by molar-refractivity contribution is 6.07. The summed E-state index contributed by atoms with van der Waals surface area (Å²) in [6.45, 7) is 7.20. The molecule has 0 radical (unpaired) electrons. The number of nitrogens with zero attached hydrogens (tertiary/aromatic N) is 4. The van der Waals surface area contributed by atoms with Crippen LogP contribution in [-0.4, -0.2) is 80.1 Å². The predicted molar refractivity (Wildman–Crippen MR) is 148 cm³/mol. The summed E-state index contributed by atoms with van der Waals surface area (Å²) in [6.07, 6.45) is 2.60. The molecule has 8 heteroatoms. The summed E-state index contributed by atoms with van der Waals surface area (Å²) in [4.78, 5) is 37.5. The third-order valence-electron chi connectivity index (χ3n) is 6.91. The fraction of sp³-hybridized carbons (Fsp3) is 0.433. The Morgan fingerprint density at radius 1 is 1.03 bits per heavy atom. The number of hydrogen-bond acceptors (Lipinski definition) is 6. The van der Waals surface area contributed by atoms with Gasteiger partial charge in [0.1, 0.15) is 11.4 Å². The number of pyridine rings is 1. The minimum absolute atomic E-state index is 0.118. The molecule has 1 saturated heterocycles. The van der Waals surface area contributed by atoms with Crippen molar-refractivity contribution in [1.29, 1.82) is 0 Å². The number of anilines is 1. The molecule has 0 unspecified atom stereocenters. The second-order valence-electron chi connectivity index (χ2n) is 10.1. The molecule has 0 atom stereocenters. The molecular formula is C30H37FN4O3. The maximum Gasteiger partial charge on any atom is 0.342 e. The number of hydrogen-bond donors (Lipinski definition) is 0. The highest BCUT2D eigenvalue weighted by Crippen LogP contribution is 2.35. The number of unbranched alkanes of at least 4 members (excludes halogenated alkanes) is 1. The summed E-state index contributed by atoms with van der Waals surface area (Å²) in [7, 11) is 4.11. The molecule has 0 aliphatic carbocycles. The Morgan fingerprint density at radius 2 is 1.74 bits per heavy atom. The van der Waals surface area contributed by atoms with Gasteiger partial charge in [-0.3, -0.25) is 9.78 Å². The molecule has 4 rings (SSSR count). The number of esters is 1. The minimum Gasteiger partial charge on any atom is -0.462 e. The Hall–Kier alpha value is -3.52. The molecule has 0 saturated carbocycles. The summed E-state index contributed by atoms with van der Waals surface area (Å²) >= 11 is 0. The van der Waals surface area contributed by atoms with E-state index in [1.807, 2.05) is 26.0 Å². The lowest BCUT2D eigenvalue weighted by atomic mass is 9.99. The number of fused-ring (bicyclic) bond motifs is 1. The number of carbonyl (C=O) groups excluding carboxylic acids is 2. The van der Waals surface area contributed by atoms with Crippen LogP contribution in [0.15, 0.2) is 42.5 Å². The zero-order chi connectivity index (χ0) is 27.2. The zero-order valence-corrected chi connectivity index (χ0v) is 22.8. The van der Waals surface area contributed by atoms with Crippen molar-refractivity contribution in [3.63, 3.8) is 0 Å². The van der Waals surface area contributed by atoms with E-state index in [4.69, 9.17) is 9.72 Å². The van der Waals surface area contributed by atoms with Crippen molar-refractivity contribution in [1.82, 2.24) is 14.8 Å². The lowest BCUT2D eigenvalue weighted by Crippen LogP contribution is -2.49. The SMILES string of the molecule is CCOC(=O)c1c(CCCCN(C)C)nc2ccc(C)cc2c1N1CCN(C(=O)c2ccc(F)cc2)CC1. The number of ether oxygens (including phenoxy) is 1. The smallest absolute Gasteiger partial charge is 0.342 e. The summed E-state index contributed by atoms with van der Waals surface area (Å²) < 4.78 is 18.9. The Bertz CT molecular complexity index is 1280. The molecule has 38 heavy (non-hydrogen) atoms. The molecule has 0 N–H and O–H groups in total. The molecule has 7 nitrogen and oxygen atoms in total. The van der Waals surface area contributed by atoms with E-state index in [1.165, 1.54) is 24.3 Å². The molecule has 1 aliphatic heterocycles. The van der Waals surface area contributed by atoms with E-state index in [0.29, 0.717) is 43.7 Å². The second kappa shape index (κ2) is 12.3. The van der Waals surface area contributed by atoms with Crippen molar-refractivity contribution in [3.8, 4) is 0 Å². The van der Waals surface area contributed by atoms with Gasteiger partial charge in [-0.2, -0.15) is 0 Å². The first-order valence-electron chi connectivity index (χ1n) is 13.3. The topological polar surface area (TPSA) is 66.0 Å². The van der Waals surface area contributed by atoms with Crippen LogP contribution >= 0.6 is 0 Å². The molecule has 1 aromatic heterocycles.